The van der Waals surface area contributed by atoms with Crippen LogP contribution in [0.15, 0.2) is 24.3 Å². The number of aryl methyl sites for hydroxylation is 1. The Balaban J connectivity index is 2.38. The predicted molar refractivity (Wildman–Crippen MR) is 69.8 cm³/mol. The first-order valence-corrected chi connectivity index (χ1v) is 6.20. The first-order valence-electron chi connectivity index (χ1n) is 6.20. The smallest absolute Gasteiger partial charge is 0.0473 e. The highest BCUT2D eigenvalue weighted by molar-refractivity contribution is 5.44. The molecule has 0 aliphatic carbocycles. The largest absolute Gasteiger partial charge is 0.396 e. The zero-order valence-electron chi connectivity index (χ0n) is 10.4. The maximum Gasteiger partial charge on any atom is 0.0473 e. The van der Waals surface area contributed by atoms with Crippen molar-refractivity contribution >= 4 is 5.69 Å². The van der Waals surface area contributed by atoms with Crippen LogP contribution in [0.2, 0.25) is 0 Å². The van der Waals surface area contributed by atoms with Crippen molar-refractivity contribution in [3.63, 3.8) is 0 Å². The van der Waals surface area contributed by atoms with E-state index in [0.717, 1.165) is 12.2 Å². The molecular weight excluding hydrogens is 198 g/mol. The Morgan fingerprint density at radius 3 is 2.50 bits per heavy atom. The summed E-state index contributed by atoms with van der Waals surface area (Å²) in [5.41, 5.74) is 2.54. The first-order chi connectivity index (χ1) is 7.76. The van der Waals surface area contributed by atoms with Crippen molar-refractivity contribution in [2.45, 2.75) is 33.1 Å². The molecule has 0 aliphatic heterocycles. The summed E-state index contributed by atoms with van der Waals surface area (Å²) in [6.45, 7) is 5.31. The number of rotatable bonds is 7. The van der Waals surface area contributed by atoms with Gasteiger partial charge in [0.05, 0.1) is 0 Å². The molecule has 0 fully saturated rings. The second-order valence-corrected chi connectivity index (χ2v) is 4.47. The maximum absolute atomic E-state index is 8.91. The summed E-state index contributed by atoms with van der Waals surface area (Å²) in [5.74, 6) is 0.305. The third-order valence-electron chi connectivity index (χ3n) is 2.74. The van der Waals surface area contributed by atoms with Crippen LogP contribution in [0.4, 0.5) is 5.69 Å². The number of benzene rings is 1. The van der Waals surface area contributed by atoms with Gasteiger partial charge >= 0.3 is 0 Å². The summed E-state index contributed by atoms with van der Waals surface area (Å²) in [6, 6.07) is 8.60. The van der Waals surface area contributed by atoms with E-state index in [2.05, 4.69) is 36.5 Å². The molecule has 16 heavy (non-hydrogen) atoms. The van der Waals surface area contributed by atoms with E-state index in [4.69, 9.17) is 5.11 Å². The highest BCUT2D eigenvalue weighted by atomic mass is 16.3. The molecular formula is C14H23NO. The van der Waals surface area contributed by atoms with Gasteiger partial charge in [-0.15, -0.1) is 0 Å². The molecule has 0 saturated carbocycles. The Hall–Kier alpha value is -1.02. The Morgan fingerprint density at radius 2 is 1.94 bits per heavy atom. The highest BCUT2D eigenvalue weighted by Gasteiger charge is 1.99. The molecule has 0 bridgehead atoms. The van der Waals surface area contributed by atoms with Crippen LogP contribution >= 0.6 is 0 Å². The van der Waals surface area contributed by atoms with Gasteiger partial charge in [-0.1, -0.05) is 32.4 Å². The second kappa shape index (κ2) is 7.29. The molecule has 2 heteroatoms. The number of anilines is 1. The van der Waals surface area contributed by atoms with Crippen molar-refractivity contribution in [2.75, 3.05) is 18.5 Å². The molecule has 2 nitrogen and oxygen atoms in total. The molecule has 0 aliphatic rings. The Kier molecular flexibility index (Phi) is 5.94. The Labute approximate surface area is 98.7 Å². The summed E-state index contributed by atoms with van der Waals surface area (Å²) < 4.78 is 0. The SMILES string of the molecule is CCCCc1ccc(NCC(C)CO)cc1. The van der Waals surface area contributed by atoms with E-state index in [1.165, 1.54) is 24.8 Å². The average Bonchev–Trinajstić information content (AvgIpc) is 2.34. The summed E-state index contributed by atoms with van der Waals surface area (Å²) in [5, 5.41) is 12.2. The van der Waals surface area contributed by atoms with E-state index in [1.54, 1.807) is 0 Å². The van der Waals surface area contributed by atoms with Crippen molar-refractivity contribution in [3.05, 3.63) is 29.8 Å². The lowest BCUT2D eigenvalue weighted by Crippen LogP contribution is -2.14. The number of hydrogen-bond acceptors (Lipinski definition) is 2. The molecule has 1 unspecified atom stereocenters. The average molecular weight is 221 g/mol. The molecule has 2 N–H and O–H groups in total. The fraction of sp³-hybridized carbons (Fsp3) is 0.571. The third kappa shape index (κ3) is 4.67. The summed E-state index contributed by atoms with van der Waals surface area (Å²) in [7, 11) is 0. The van der Waals surface area contributed by atoms with E-state index in [-0.39, 0.29) is 6.61 Å². The van der Waals surface area contributed by atoms with Crippen molar-refractivity contribution in [1.29, 1.82) is 0 Å². The molecule has 1 aromatic rings. The minimum Gasteiger partial charge on any atom is -0.396 e. The van der Waals surface area contributed by atoms with E-state index >= 15 is 0 Å². The van der Waals surface area contributed by atoms with Crippen molar-refractivity contribution < 1.29 is 5.11 Å². The second-order valence-electron chi connectivity index (χ2n) is 4.47. The standard InChI is InChI=1S/C14H23NO/c1-3-4-5-13-6-8-14(9-7-13)15-10-12(2)11-16/h6-9,12,15-16H,3-5,10-11H2,1-2H3. The minimum atomic E-state index is 0.238. The molecule has 0 heterocycles. The normalized spacial score (nSPS) is 12.4. The molecule has 0 amide bonds. The fourth-order valence-corrected chi connectivity index (χ4v) is 1.53. The van der Waals surface area contributed by atoms with Crippen molar-refractivity contribution in [3.8, 4) is 0 Å². The van der Waals surface area contributed by atoms with Crippen LogP contribution in [-0.4, -0.2) is 18.3 Å². The van der Waals surface area contributed by atoms with Gasteiger partial charge in [-0.25, -0.2) is 0 Å². The van der Waals surface area contributed by atoms with Gasteiger partial charge in [-0.05, 0) is 36.5 Å². The Bertz CT molecular complexity index is 281. The molecule has 1 aromatic carbocycles. The molecule has 0 saturated heterocycles. The molecule has 1 atom stereocenters. The van der Waals surface area contributed by atoms with Crippen LogP contribution < -0.4 is 5.32 Å². The van der Waals surface area contributed by atoms with Gasteiger partial charge in [0, 0.05) is 18.8 Å². The van der Waals surface area contributed by atoms with Crippen molar-refractivity contribution in [1.82, 2.24) is 0 Å². The van der Waals surface area contributed by atoms with E-state index < -0.39 is 0 Å². The predicted octanol–water partition coefficient (Wildman–Crippen LogP) is 3.07. The monoisotopic (exact) mass is 221 g/mol. The van der Waals surface area contributed by atoms with E-state index in [0.29, 0.717) is 5.92 Å². The third-order valence-corrected chi connectivity index (χ3v) is 2.74. The van der Waals surface area contributed by atoms with Gasteiger partial charge in [0.25, 0.3) is 0 Å². The number of aliphatic hydroxyl groups is 1. The maximum atomic E-state index is 8.91. The first kappa shape index (κ1) is 13.0. The number of hydrogen-bond donors (Lipinski definition) is 2. The van der Waals surface area contributed by atoms with Crippen LogP contribution in [-0.2, 0) is 6.42 Å². The van der Waals surface area contributed by atoms with Gasteiger partial charge in [0.2, 0.25) is 0 Å². The van der Waals surface area contributed by atoms with E-state index in [1.807, 2.05) is 6.92 Å². The summed E-state index contributed by atoms with van der Waals surface area (Å²) in [6.07, 6.45) is 3.67. The number of unbranched alkanes of at least 4 members (excludes halogenated alkanes) is 1. The quantitative estimate of drug-likeness (QED) is 0.741. The van der Waals surface area contributed by atoms with Gasteiger partial charge in [-0.3, -0.25) is 0 Å². The summed E-state index contributed by atoms with van der Waals surface area (Å²) >= 11 is 0. The van der Waals surface area contributed by atoms with E-state index in [9.17, 15) is 0 Å². The van der Waals surface area contributed by atoms with Crippen LogP contribution in [0.25, 0.3) is 0 Å². The zero-order chi connectivity index (χ0) is 11.8. The van der Waals surface area contributed by atoms with Gasteiger partial charge in [-0.2, -0.15) is 0 Å². The highest BCUT2D eigenvalue weighted by Crippen LogP contribution is 2.12. The number of aliphatic hydroxyl groups excluding tert-OH is 1. The van der Waals surface area contributed by atoms with Crippen molar-refractivity contribution in [2.24, 2.45) is 5.92 Å². The Morgan fingerprint density at radius 1 is 1.25 bits per heavy atom. The van der Waals surface area contributed by atoms with Gasteiger partial charge in [0.1, 0.15) is 0 Å². The van der Waals surface area contributed by atoms with Gasteiger partial charge in [0.15, 0.2) is 0 Å². The lowest BCUT2D eigenvalue weighted by atomic mass is 10.1. The lowest BCUT2D eigenvalue weighted by molar-refractivity contribution is 0.244. The van der Waals surface area contributed by atoms with Crippen LogP contribution in [0.5, 0.6) is 0 Å². The van der Waals surface area contributed by atoms with Gasteiger partial charge < -0.3 is 10.4 Å². The van der Waals surface area contributed by atoms with Crippen LogP contribution in [0, 0.1) is 5.92 Å². The molecule has 1 rings (SSSR count). The molecule has 0 aromatic heterocycles. The fourth-order valence-electron chi connectivity index (χ4n) is 1.53. The number of nitrogens with one attached hydrogen (secondary N) is 1. The zero-order valence-corrected chi connectivity index (χ0v) is 10.4. The van der Waals surface area contributed by atoms with Crippen LogP contribution in [0.3, 0.4) is 0 Å². The summed E-state index contributed by atoms with van der Waals surface area (Å²) in [4.78, 5) is 0. The van der Waals surface area contributed by atoms with Crippen LogP contribution in [0.1, 0.15) is 32.3 Å². The topological polar surface area (TPSA) is 32.3 Å². The molecule has 0 radical (unpaired) electrons. The lowest BCUT2D eigenvalue weighted by Gasteiger charge is -2.11. The minimum absolute atomic E-state index is 0.238. The molecule has 0 spiro atoms. The molecule has 90 valence electrons.